The van der Waals surface area contributed by atoms with Gasteiger partial charge in [-0.25, -0.2) is 0 Å². The van der Waals surface area contributed by atoms with Crippen molar-refractivity contribution in [2.24, 2.45) is 0 Å². The van der Waals surface area contributed by atoms with Crippen LogP contribution in [0.2, 0.25) is 0 Å². The van der Waals surface area contributed by atoms with Gasteiger partial charge in [0, 0.05) is 5.56 Å². The molecule has 3 aromatic rings. The van der Waals surface area contributed by atoms with Gasteiger partial charge in [0.15, 0.2) is 0 Å². The molecule has 4 nitrogen and oxygen atoms in total. The fourth-order valence-corrected chi connectivity index (χ4v) is 2.33. The van der Waals surface area contributed by atoms with E-state index in [4.69, 9.17) is 4.74 Å². The zero-order chi connectivity index (χ0) is 18.4. The normalized spacial score (nSPS) is 10.0. The van der Waals surface area contributed by atoms with Crippen molar-refractivity contribution in [2.45, 2.75) is 6.92 Å². The molecule has 0 saturated heterocycles. The van der Waals surface area contributed by atoms with Gasteiger partial charge in [0.2, 0.25) is 0 Å². The lowest BCUT2D eigenvalue weighted by molar-refractivity contribution is 0.0942. The Morgan fingerprint density at radius 3 is 2.00 bits per heavy atom. The van der Waals surface area contributed by atoms with Crippen molar-refractivity contribution in [1.29, 1.82) is 0 Å². The van der Waals surface area contributed by atoms with E-state index in [0.29, 0.717) is 11.3 Å². The van der Waals surface area contributed by atoms with Crippen molar-refractivity contribution < 1.29 is 9.53 Å². The number of hydrazine groups is 1. The number of hydrogen-bond acceptors (Lipinski definition) is 3. The molecule has 130 valence electrons. The van der Waals surface area contributed by atoms with E-state index < -0.39 is 0 Å². The SMILES string of the molecule is C=C(NNC(=O)c1ccc(C)cc1)c1ccc(Oc2ccccc2)cc1. The average Bonchev–Trinajstić information content (AvgIpc) is 2.68. The number of benzene rings is 3. The molecule has 26 heavy (non-hydrogen) atoms. The van der Waals surface area contributed by atoms with E-state index in [-0.39, 0.29) is 5.91 Å². The number of rotatable bonds is 6. The Labute approximate surface area is 153 Å². The van der Waals surface area contributed by atoms with Crippen molar-refractivity contribution >= 4 is 11.6 Å². The molecule has 4 heteroatoms. The van der Waals surface area contributed by atoms with Gasteiger partial charge in [-0.1, -0.05) is 42.5 Å². The summed E-state index contributed by atoms with van der Waals surface area (Å²) >= 11 is 0. The van der Waals surface area contributed by atoms with Crippen molar-refractivity contribution in [2.75, 3.05) is 0 Å². The maximum absolute atomic E-state index is 12.1. The van der Waals surface area contributed by atoms with E-state index in [9.17, 15) is 4.79 Å². The van der Waals surface area contributed by atoms with Gasteiger partial charge in [-0.05, 0) is 61.0 Å². The van der Waals surface area contributed by atoms with Gasteiger partial charge in [-0.2, -0.15) is 0 Å². The summed E-state index contributed by atoms with van der Waals surface area (Å²) < 4.78 is 5.76. The molecule has 0 aliphatic heterocycles. The fraction of sp³-hybridized carbons (Fsp3) is 0.0455. The molecule has 3 aromatic carbocycles. The third-order valence-corrected chi connectivity index (χ3v) is 3.82. The van der Waals surface area contributed by atoms with Gasteiger partial charge in [-0.3, -0.25) is 15.6 Å². The maximum Gasteiger partial charge on any atom is 0.269 e. The first kappa shape index (κ1) is 17.3. The Bertz CT molecular complexity index is 886. The molecule has 0 heterocycles. The van der Waals surface area contributed by atoms with Crippen LogP contribution in [0.5, 0.6) is 11.5 Å². The summed E-state index contributed by atoms with van der Waals surface area (Å²) in [5, 5.41) is 0. The predicted molar refractivity (Wildman–Crippen MR) is 104 cm³/mol. The van der Waals surface area contributed by atoms with Crippen LogP contribution in [0.1, 0.15) is 21.5 Å². The second-order valence-electron chi connectivity index (χ2n) is 5.86. The highest BCUT2D eigenvalue weighted by molar-refractivity contribution is 5.94. The van der Waals surface area contributed by atoms with Gasteiger partial charge in [0.25, 0.3) is 5.91 Å². The largest absolute Gasteiger partial charge is 0.457 e. The Hall–Kier alpha value is -3.53. The van der Waals surface area contributed by atoms with Crippen molar-refractivity contribution in [3.63, 3.8) is 0 Å². The van der Waals surface area contributed by atoms with E-state index in [1.165, 1.54) is 0 Å². The second-order valence-corrected chi connectivity index (χ2v) is 5.86. The Balaban J connectivity index is 1.56. The topological polar surface area (TPSA) is 50.4 Å². The molecule has 0 spiro atoms. The van der Waals surface area contributed by atoms with Crippen LogP contribution >= 0.6 is 0 Å². The molecule has 0 aliphatic rings. The van der Waals surface area contributed by atoms with Crippen molar-refractivity contribution in [3.05, 3.63) is 102 Å². The number of para-hydroxylation sites is 1. The number of hydrogen-bond donors (Lipinski definition) is 2. The summed E-state index contributed by atoms with van der Waals surface area (Å²) in [6, 6.07) is 24.4. The maximum atomic E-state index is 12.1. The lowest BCUT2D eigenvalue weighted by Crippen LogP contribution is -2.35. The van der Waals surface area contributed by atoms with Gasteiger partial charge < -0.3 is 4.74 Å². The summed E-state index contributed by atoms with van der Waals surface area (Å²) in [4.78, 5) is 12.1. The minimum Gasteiger partial charge on any atom is -0.457 e. The van der Waals surface area contributed by atoms with E-state index in [1.807, 2.05) is 73.7 Å². The van der Waals surface area contributed by atoms with Crippen LogP contribution in [0.4, 0.5) is 0 Å². The monoisotopic (exact) mass is 344 g/mol. The highest BCUT2D eigenvalue weighted by atomic mass is 16.5. The van der Waals surface area contributed by atoms with Gasteiger partial charge in [0.1, 0.15) is 11.5 Å². The second kappa shape index (κ2) is 8.03. The molecule has 0 atom stereocenters. The van der Waals surface area contributed by atoms with E-state index in [2.05, 4.69) is 17.4 Å². The number of amides is 1. The van der Waals surface area contributed by atoms with Crippen LogP contribution in [0.15, 0.2) is 85.4 Å². The standard InChI is InChI=1S/C22H20N2O2/c1-16-8-10-19(11-9-16)22(25)24-23-17(2)18-12-14-21(15-13-18)26-20-6-4-3-5-7-20/h3-15,23H,2H2,1H3,(H,24,25). The first-order valence-electron chi connectivity index (χ1n) is 8.27. The lowest BCUT2D eigenvalue weighted by Gasteiger charge is -2.12. The zero-order valence-electron chi connectivity index (χ0n) is 14.5. The molecule has 0 saturated carbocycles. The lowest BCUT2D eigenvalue weighted by atomic mass is 10.1. The molecular weight excluding hydrogens is 324 g/mol. The fourth-order valence-electron chi connectivity index (χ4n) is 2.33. The average molecular weight is 344 g/mol. The Kier molecular flexibility index (Phi) is 5.34. The molecular formula is C22H20N2O2. The molecule has 0 aromatic heterocycles. The molecule has 2 N–H and O–H groups in total. The molecule has 0 aliphatic carbocycles. The summed E-state index contributed by atoms with van der Waals surface area (Å²) in [6.07, 6.45) is 0. The van der Waals surface area contributed by atoms with Crippen LogP contribution in [0.25, 0.3) is 5.70 Å². The molecule has 1 amide bonds. The molecule has 0 radical (unpaired) electrons. The number of aryl methyl sites for hydroxylation is 1. The summed E-state index contributed by atoms with van der Waals surface area (Å²) in [6.45, 7) is 5.93. The summed E-state index contributed by atoms with van der Waals surface area (Å²) in [7, 11) is 0. The number of nitrogens with one attached hydrogen (secondary N) is 2. The van der Waals surface area contributed by atoms with Crippen LogP contribution in [0, 0.1) is 6.92 Å². The van der Waals surface area contributed by atoms with Gasteiger partial charge >= 0.3 is 0 Å². The Morgan fingerprint density at radius 2 is 1.35 bits per heavy atom. The molecule has 0 unspecified atom stereocenters. The van der Waals surface area contributed by atoms with Gasteiger partial charge in [-0.15, -0.1) is 0 Å². The smallest absolute Gasteiger partial charge is 0.269 e. The first-order chi connectivity index (χ1) is 12.6. The van der Waals surface area contributed by atoms with E-state index in [0.717, 1.165) is 22.6 Å². The van der Waals surface area contributed by atoms with Gasteiger partial charge in [0.05, 0.1) is 5.70 Å². The van der Waals surface area contributed by atoms with Crippen LogP contribution < -0.4 is 15.6 Å². The molecule has 0 fully saturated rings. The highest BCUT2D eigenvalue weighted by Gasteiger charge is 2.06. The highest BCUT2D eigenvalue weighted by Crippen LogP contribution is 2.22. The van der Waals surface area contributed by atoms with Crippen molar-refractivity contribution in [1.82, 2.24) is 10.9 Å². The predicted octanol–water partition coefficient (Wildman–Crippen LogP) is 4.69. The molecule has 0 bridgehead atoms. The summed E-state index contributed by atoms with van der Waals surface area (Å²) in [5.41, 5.74) is 8.64. The van der Waals surface area contributed by atoms with Crippen LogP contribution in [-0.2, 0) is 0 Å². The number of carbonyl (C=O) groups is 1. The van der Waals surface area contributed by atoms with E-state index >= 15 is 0 Å². The third-order valence-electron chi connectivity index (χ3n) is 3.82. The number of carbonyl (C=O) groups excluding carboxylic acids is 1. The quantitative estimate of drug-likeness (QED) is 0.638. The summed E-state index contributed by atoms with van der Waals surface area (Å²) in [5.74, 6) is 1.30. The zero-order valence-corrected chi connectivity index (χ0v) is 14.5. The van der Waals surface area contributed by atoms with Crippen LogP contribution in [-0.4, -0.2) is 5.91 Å². The Morgan fingerprint density at radius 1 is 0.769 bits per heavy atom. The van der Waals surface area contributed by atoms with Crippen molar-refractivity contribution in [3.8, 4) is 11.5 Å². The third kappa shape index (κ3) is 4.51. The van der Waals surface area contributed by atoms with E-state index in [1.54, 1.807) is 12.1 Å². The minimum absolute atomic E-state index is 0.213. The number of ether oxygens (including phenoxy) is 1. The van der Waals surface area contributed by atoms with Crippen LogP contribution in [0.3, 0.4) is 0 Å². The molecule has 3 rings (SSSR count). The minimum atomic E-state index is -0.213. The first-order valence-corrected chi connectivity index (χ1v) is 8.27.